The molecule has 32 heavy (non-hydrogen) atoms. The number of rotatable bonds is 8. The predicted octanol–water partition coefficient (Wildman–Crippen LogP) is 5.55. The summed E-state index contributed by atoms with van der Waals surface area (Å²) in [5.41, 5.74) is 0.937. The average Bonchev–Trinajstić information content (AvgIpc) is 3.54. The van der Waals surface area contributed by atoms with Crippen molar-refractivity contribution in [3.05, 3.63) is 63.6 Å². The van der Waals surface area contributed by atoms with Crippen molar-refractivity contribution >= 4 is 40.8 Å². The topological polar surface area (TPSA) is 69.2 Å². The van der Waals surface area contributed by atoms with Crippen molar-refractivity contribution in [1.82, 2.24) is 0 Å². The number of halogens is 5. The maximum Gasteiger partial charge on any atom is 0.392 e. The van der Waals surface area contributed by atoms with Crippen LogP contribution in [0.1, 0.15) is 49.1 Å². The van der Waals surface area contributed by atoms with Crippen molar-refractivity contribution < 1.29 is 27.9 Å². The smallest absolute Gasteiger partial charge is 0.392 e. The summed E-state index contributed by atoms with van der Waals surface area (Å²) < 4.78 is 40.6. The largest absolute Gasteiger partial charge is 0.550 e. The van der Waals surface area contributed by atoms with Gasteiger partial charge in [-0.1, -0.05) is 48.3 Å². The van der Waals surface area contributed by atoms with Crippen LogP contribution in [0.4, 0.5) is 18.9 Å². The van der Waals surface area contributed by atoms with E-state index in [0.29, 0.717) is 10.6 Å². The van der Waals surface area contributed by atoms with Crippen LogP contribution >= 0.6 is 23.2 Å². The van der Waals surface area contributed by atoms with Crippen molar-refractivity contribution in [3.8, 4) is 0 Å². The number of carbonyl (C=O) groups is 2. The molecule has 1 saturated carbocycles. The average molecular weight is 487 g/mol. The van der Waals surface area contributed by atoms with E-state index < -0.39 is 29.9 Å². The molecule has 0 unspecified atom stereocenters. The lowest BCUT2D eigenvalue weighted by molar-refractivity contribution is -0.306. The zero-order chi connectivity index (χ0) is 23.6. The fourth-order valence-electron chi connectivity index (χ4n) is 3.84. The van der Waals surface area contributed by atoms with Crippen LogP contribution in [0.15, 0.2) is 42.5 Å². The summed E-state index contributed by atoms with van der Waals surface area (Å²) in [5.74, 6) is -5.69. The third-order valence-corrected chi connectivity index (χ3v) is 6.36. The van der Waals surface area contributed by atoms with Gasteiger partial charge < -0.3 is 15.2 Å². The Bertz CT molecular complexity index is 991. The molecule has 0 radical (unpaired) electrons. The van der Waals surface area contributed by atoms with E-state index in [2.05, 4.69) is 5.32 Å². The molecule has 3 rings (SSSR count). The van der Waals surface area contributed by atoms with Gasteiger partial charge in [0.2, 0.25) is 5.91 Å². The first-order valence-electron chi connectivity index (χ1n) is 10.1. The minimum atomic E-state index is -4.61. The molecular weight excluding hydrogens is 466 g/mol. The van der Waals surface area contributed by atoms with Crippen LogP contribution in [-0.2, 0) is 9.59 Å². The number of carboxylic acids is 1. The molecule has 0 bridgehead atoms. The molecule has 172 valence electrons. The predicted molar refractivity (Wildman–Crippen MR) is 115 cm³/mol. The number of amides is 1. The van der Waals surface area contributed by atoms with Gasteiger partial charge in [-0.15, -0.1) is 0 Å². The van der Waals surface area contributed by atoms with Gasteiger partial charge in [-0.25, -0.2) is 0 Å². The van der Waals surface area contributed by atoms with Crippen LogP contribution in [0.2, 0.25) is 10.0 Å². The Balaban J connectivity index is 1.91. The fraction of sp³-hybridized carbons (Fsp3) is 0.391. The number of hydrogen-bond donors (Lipinski definition) is 1. The van der Waals surface area contributed by atoms with Gasteiger partial charge >= 0.3 is 6.18 Å². The first-order chi connectivity index (χ1) is 15.0. The summed E-state index contributed by atoms with van der Waals surface area (Å²) in [5, 5.41) is 14.2. The number of nitrogens with one attached hydrogen (secondary N) is 1. The first-order valence-corrected chi connectivity index (χ1v) is 10.8. The highest BCUT2D eigenvalue weighted by atomic mass is 35.5. The molecule has 0 spiro atoms. The summed E-state index contributed by atoms with van der Waals surface area (Å²) in [6, 6.07) is 10.3. The molecule has 1 aliphatic carbocycles. The molecule has 0 aliphatic heterocycles. The van der Waals surface area contributed by atoms with Crippen molar-refractivity contribution in [2.75, 3.05) is 5.32 Å². The van der Waals surface area contributed by atoms with Crippen LogP contribution < -0.4 is 10.4 Å². The molecule has 2 aromatic carbocycles. The van der Waals surface area contributed by atoms with Gasteiger partial charge in [0.25, 0.3) is 0 Å². The molecule has 4 nitrogen and oxygen atoms in total. The van der Waals surface area contributed by atoms with E-state index in [1.54, 1.807) is 6.07 Å². The van der Waals surface area contributed by atoms with Gasteiger partial charge in [-0.3, -0.25) is 4.79 Å². The number of alkyl halides is 3. The van der Waals surface area contributed by atoms with E-state index in [1.807, 2.05) is 0 Å². The maximum atomic E-state index is 13.5. The van der Waals surface area contributed by atoms with Crippen LogP contribution in [0.25, 0.3) is 0 Å². The van der Waals surface area contributed by atoms with E-state index in [0.717, 1.165) is 19.8 Å². The van der Waals surface area contributed by atoms with Crippen LogP contribution in [0.5, 0.6) is 0 Å². The molecule has 1 amide bonds. The molecule has 0 aromatic heterocycles. The van der Waals surface area contributed by atoms with Gasteiger partial charge in [-0.05, 0) is 66.5 Å². The van der Waals surface area contributed by atoms with Crippen molar-refractivity contribution in [3.63, 3.8) is 0 Å². The van der Waals surface area contributed by atoms with Crippen molar-refractivity contribution in [2.45, 2.75) is 44.2 Å². The van der Waals surface area contributed by atoms with Crippen molar-refractivity contribution in [2.24, 2.45) is 11.8 Å². The lowest BCUT2D eigenvalue weighted by Crippen LogP contribution is -2.34. The Morgan fingerprint density at radius 2 is 1.69 bits per heavy atom. The highest BCUT2D eigenvalue weighted by Gasteiger charge is 2.45. The van der Waals surface area contributed by atoms with Crippen molar-refractivity contribution in [1.29, 1.82) is 0 Å². The summed E-state index contributed by atoms with van der Waals surface area (Å²) in [6.07, 6.45) is -3.04. The Hall–Kier alpha value is -2.25. The second-order valence-corrected chi connectivity index (χ2v) is 8.95. The lowest BCUT2D eigenvalue weighted by atomic mass is 9.85. The molecule has 3 atom stereocenters. The summed E-state index contributed by atoms with van der Waals surface area (Å²) >= 11 is 12.0. The molecule has 2 aromatic rings. The van der Waals surface area contributed by atoms with Gasteiger partial charge in [0, 0.05) is 11.0 Å². The fourth-order valence-corrected chi connectivity index (χ4v) is 4.13. The summed E-state index contributed by atoms with van der Waals surface area (Å²) in [6.45, 7) is 0.944. The number of benzene rings is 2. The highest BCUT2D eigenvalue weighted by molar-refractivity contribution is 6.33. The van der Waals surface area contributed by atoms with Crippen LogP contribution in [0.3, 0.4) is 0 Å². The Morgan fingerprint density at radius 3 is 2.22 bits per heavy atom. The number of anilines is 1. The zero-order valence-electron chi connectivity index (χ0n) is 17.1. The Kier molecular flexibility index (Phi) is 7.40. The number of aliphatic carboxylic acids is 1. The normalized spacial score (nSPS) is 16.8. The Labute approximate surface area is 193 Å². The van der Waals surface area contributed by atoms with E-state index in [1.165, 1.54) is 36.4 Å². The number of hydrogen-bond acceptors (Lipinski definition) is 3. The minimum Gasteiger partial charge on any atom is -0.550 e. The third-order valence-electron chi connectivity index (χ3n) is 5.78. The van der Waals surface area contributed by atoms with Crippen LogP contribution in [-0.4, -0.2) is 18.1 Å². The molecule has 1 N–H and O–H groups in total. The zero-order valence-corrected chi connectivity index (χ0v) is 18.6. The van der Waals surface area contributed by atoms with Crippen LogP contribution in [0, 0.1) is 11.8 Å². The molecule has 0 heterocycles. The summed E-state index contributed by atoms with van der Waals surface area (Å²) in [4.78, 5) is 24.2. The van der Waals surface area contributed by atoms with Gasteiger partial charge in [0.05, 0.1) is 22.5 Å². The quantitative estimate of drug-likeness (QED) is 0.531. The lowest BCUT2D eigenvalue weighted by Gasteiger charge is -2.26. The maximum absolute atomic E-state index is 13.5. The van der Waals surface area contributed by atoms with Gasteiger partial charge in [0.15, 0.2) is 0 Å². The molecule has 1 fully saturated rings. The molecule has 1 aliphatic rings. The van der Waals surface area contributed by atoms with Gasteiger partial charge in [0.1, 0.15) is 0 Å². The van der Waals surface area contributed by atoms with E-state index in [9.17, 15) is 27.9 Å². The SMILES string of the molecule is C[C@H]([C@H](C(=O)Nc1cc([C@@H](CC(=O)[O-])C2CC2)ccc1Cl)c1ccc(Cl)cc1)C(F)(F)F. The summed E-state index contributed by atoms with van der Waals surface area (Å²) in [7, 11) is 0. The molecular formula is C23H21Cl2F3NO3-. The molecule has 9 heteroatoms. The monoisotopic (exact) mass is 486 g/mol. The first kappa shape index (κ1) is 24.4. The highest BCUT2D eigenvalue weighted by Crippen LogP contribution is 2.45. The van der Waals surface area contributed by atoms with E-state index in [4.69, 9.17) is 23.2 Å². The second-order valence-electron chi connectivity index (χ2n) is 8.11. The Morgan fingerprint density at radius 1 is 1.09 bits per heavy atom. The molecule has 0 saturated heterocycles. The van der Waals surface area contributed by atoms with Gasteiger partial charge in [-0.2, -0.15) is 13.2 Å². The minimum absolute atomic E-state index is 0.131. The number of carbonyl (C=O) groups excluding carboxylic acids is 2. The third kappa shape index (κ3) is 5.95. The van der Waals surface area contributed by atoms with E-state index in [-0.39, 0.29) is 34.5 Å². The standard InChI is InChI=1S/C23H22Cl2F3NO3/c1-12(23(26,27)28)21(14-4-7-16(24)8-5-14)22(32)29-19-10-15(6-9-18(19)25)17(11-20(30)31)13-2-3-13/h4-10,12-13,17,21H,2-3,11H2,1H3,(H,29,32)(H,30,31)/p-1/t12-,17+,21+/m1/s1. The second kappa shape index (κ2) is 9.71. The van der Waals surface area contributed by atoms with E-state index >= 15 is 0 Å². The number of carboxylic acid groups (broad SMARTS) is 1.